The van der Waals surface area contributed by atoms with Crippen molar-refractivity contribution in [1.29, 1.82) is 0 Å². The number of benzene rings is 1. The van der Waals surface area contributed by atoms with Gasteiger partial charge in [0.1, 0.15) is 0 Å². The summed E-state index contributed by atoms with van der Waals surface area (Å²) in [6.07, 6.45) is 0.320. The monoisotopic (exact) mass is 357 g/mol. The summed E-state index contributed by atoms with van der Waals surface area (Å²) in [5.74, 6) is 0.424. The van der Waals surface area contributed by atoms with E-state index in [-0.39, 0.29) is 30.1 Å². The average Bonchev–Trinajstić information content (AvgIpc) is 2.48. The lowest BCUT2D eigenvalue weighted by atomic mass is 10.0. The molecule has 0 bridgehead atoms. The Labute approximate surface area is 147 Å². The molecular weight excluding hydrogens is 337 g/mol. The molecule has 0 saturated carbocycles. The van der Waals surface area contributed by atoms with Gasteiger partial charge in [0.25, 0.3) is 0 Å². The second-order valence-corrected chi connectivity index (χ2v) is 6.24. The third-order valence-electron chi connectivity index (χ3n) is 4.37. The summed E-state index contributed by atoms with van der Waals surface area (Å²) in [5, 5.41) is 3.74. The van der Waals surface area contributed by atoms with Crippen LogP contribution in [0.2, 0.25) is 5.02 Å². The first-order valence-electron chi connectivity index (χ1n) is 7.66. The van der Waals surface area contributed by atoms with Crippen molar-refractivity contribution >= 4 is 35.8 Å². The summed E-state index contributed by atoms with van der Waals surface area (Å²) in [6, 6.07) is 7.42. The van der Waals surface area contributed by atoms with E-state index in [1.165, 1.54) is 0 Å². The first kappa shape index (κ1) is 18.0. The molecule has 1 aromatic rings. The van der Waals surface area contributed by atoms with Crippen LogP contribution in [0.5, 0.6) is 0 Å². The molecule has 5 nitrogen and oxygen atoms in total. The molecule has 2 saturated heterocycles. The summed E-state index contributed by atoms with van der Waals surface area (Å²) in [4.78, 5) is 28.2. The quantitative estimate of drug-likeness (QED) is 0.883. The molecule has 1 N–H and O–H groups in total. The Bertz CT molecular complexity index is 570. The van der Waals surface area contributed by atoms with E-state index in [0.717, 1.165) is 18.7 Å². The normalized spacial score (nSPS) is 18.1. The number of amides is 2. The van der Waals surface area contributed by atoms with Gasteiger partial charge in [0.15, 0.2) is 0 Å². The number of nitrogens with one attached hydrogen (secondary N) is 1. The van der Waals surface area contributed by atoms with E-state index < -0.39 is 0 Å². The number of hydrogen-bond donors (Lipinski definition) is 1. The van der Waals surface area contributed by atoms with E-state index in [2.05, 4.69) is 5.32 Å². The number of carbonyl (C=O) groups excluding carboxylic acids is 2. The zero-order valence-corrected chi connectivity index (χ0v) is 14.4. The topological polar surface area (TPSA) is 52.7 Å². The maximum atomic E-state index is 12.4. The first-order chi connectivity index (χ1) is 10.6. The van der Waals surface area contributed by atoms with Crippen LogP contribution in [0, 0.1) is 5.92 Å². The van der Waals surface area contributed by atoms with Crippen molar-refractivity contribution in [2.24, 2.45) is 5.92 Å². The number of carbonyl (C=O) groups is 2. The average molecular weight is 358 g/mol. The SMILES string of the molecule is Cl.O=C(Cc1ccccc1Cl)N1CCN(C(=O)C2CNC2)CC1. The van der Waals surface area contributed by atoms with Gasteiger partial charge in [-0.2, -0.15) is 0 Å². The summed E-state index contributed by atoms with van der Waals surface area (Å²) in [6.45, 7) is 4.03. The zero-order chi connectivity index (χ0) is 15.5. The number of nitrogens with zero attached hydrogens (tertiary/aromatic N) is 2. The minimum atomic E-state index is 0. The maximum absolute atomic E-state index is 12.4. The second kappa shape index (κ2) is 7.99. The lowest BCUT2D eigenvalue weighted by Crippen LogP contribution is -2.57. The van der Waals surface area contributed by atoms with Crippen LogP contribution in [0.25, 0.3) is 0 Å². The van der Waals surface area contributed by atoms with Crippen molar-refractivity contribution in [3.8, 4) is 0 Å². The molecule has 7 heteroatoms. The minimum absolute atomic E-state index is 0. The van der Waals surface area contributed by atoms with Gasteiger partial charge in [-0.15, -0.1) is 12.4 Å². The molecule has 1 aromatic carbocycles. The van der Waals surface area contributed by atoms with Gasteiger partial charge in [0, 0.05) is 44.3 Å². The van der Waals surface area contributed by atoms with Crippen LogP contribution in [0.3, 0.4) is 0 Å². The Balaban J connectivity index is 0.00000192. The highest BCUT2D eigenvalue weighted by Crippen LogP contribution is 2.17. The van der Waals surface area contributed by atoms with Crippen LogP contribution < -0.4 is 5.32 Å². The lowest BCUT2D eigenvalue weighted by molar-refractivity contribution is -0.143. The van der Waals surface area contributed by atoms with Crippen molar-refractivity contribution in [1.82, 2.24) is 15.1 Å². The maximum Gasteiger partial charge on any atom is 0.228 e. The lowest BCUT2D eigenvalue weighted by Gasteiger charge is -2.38. The third kappa shape index (κ3) is 4.16. The summed E-state index contributed by atoms with van der Waals surface area (Å²) in [7, 11) is 0. The fourth-order valence-electron chi connectivity index (χ4n) is 2.81. The Morgan fingerprint density at radius 2 is 1.70 bits per heavy atom. The van der Waals surface area contributed by atoms with Crippen molar-refractivity contribution < 1.29 is 9.59 Å². The molecule has 126 valence electrons. The Hall–Kier alpha value is -1.30. The van der Waals surface area contributed by atoms with Gasteiger partial charge in [-0.05, 0) is 11.6 Å². The summed E-state index contributed by atoms with van der Waals surface area (Å²) >= 11 is 6.10. The fraction of sp³-hybridized carbons (Fsp3) is 0.500. The second-order valence-electron chi connectivity index (χ2n) is 5.83. The van der Waals surface area contributed by atoms with Crippen molar-refractivity contribution in [3.05, 3.63) is 34.9 Å². The molecule has 0 atom stereocenters. The van der Waals surface area contributed by atoms with Crippen LogP contribution in [0.15, 0.2) is 24.3 Å². The van der Waals surface area contributed by atoms with E-state index in [0.29, 0.717) is 37.6 Å². The summed E-state index contributed by atoms with van der Waals surface area (Å²) < 4.78 is 0. The van der Waals surface area contributed by atoms with Crippen LogP contribution in [0.4, 0.5) is 0 Å². The third-order valence-corrected chi connectivity index (χ3v) is 4.74. The van der Waals surface area contributed by atoms with Gasteiger partial charge in [-0.25, -0.2) is 0 Å². The van der Waals surface area contributed by atoms with Crippen LogP contribution in [-0.4, -0.2) is 60.9 Å². The molecule has 2 aliphatic heterocycles. The largest absolute Gasteiger partial charge is 0.339 e. The minimum Gasteiger partial charge on any atom is -0.339 e. The molecule has 0 radical (unpaired) electrons. The first-order valence-corrected chi connectivity index (χ1v) is 8.03. The van der Waals surface area contributed by atoms with Gasteiger partial charge in [0.05, 0.1) is 12.3 Å². The van der Waals surface area contributed by atoms with Crippen molar-refractivity contribution in [2.75, 3.05) is 39.3 Å². The van der Waals surface area contributed by atoms with E-state index in [1.54, 1.807) is 6.07 Å². The molecule has 0 aromatic heterocycles. The van der Waals surface area contributed by atoms with Gasteiger partial charge < -0.3 is 15.1 Å². The van der Waals surface area contributed by atoms with E-state index in [1.807, 2.05) is 28.0 Å². The van der Waals surface area contributed by atoms with Gasteiger partial charge >= 0.3 is 0 Å². The summed E-state index contributed by atoms with van der Waals surface area (Å²) in [5.41, 5.74) is 0.855. The molecule has 0 unspecified atom stereocenters. The molecule has 2 amide bonds. The van der Waals surface area contributed by atoms with Crippen molar-refractivity contribution in [2.45, 2.75) is 6.42 Å². The number of piperazine rings is 1. The molecule has 3 rings (SSSR count). The van der Waals surface area contributed by atoms with Gasteiger partial charge in [0.2, 0.25) is 11.8 Å². The van der Waals surface area contributed by atoms with Crippen molar-refractivity contribution in [3.63, 3.8) is 0 Å². The highest BCUT2D eigenvalue weighted by molar-refractivity contribution is 6.31. The molecule has 23 heavy (non-hydrogen) atoms. The van der Waals surface area contributed by atoms with E-state index >= 15 is 0 Å². The van der Waals surface area contributed by atoms with Gasteiger partial charge in [-0.3, -0.25) is 9.59 Å². The molecule has 2 fully saturated rings. The van der Waals surface area contributed by atoms with Crippen LogP contribution >= 0.6 is 24.0 Å². The smallest absolute Gasteiger partial charge is 0.228 e. The highest BCUT2D eigenvalue weighted by Gasteiger charge is 2.31. The fourth-order valence-corrected chi connectivity index (χ4v) is 3.02. The predicted octanol–water partition coefficient (Wildman–Crippen LogP) is 1.19. The van der Waals surface area contributed by atoms with Crippen LogP contribution in [-0.2, 0) is 16.0 Å². The number of halogens is 2. The Morgan fingerprint density at radius 3 is 2.26 bits per heavy atom. The van der Waals surface area contributed by atoms with Crippen LogP contribution in [0.1, 0.15) is 5.56 Å². The molecule has 0 spiro atoms. The molecule has 2 heterocycles. The standard InChI is InChI=1S/C16H20ClN3O2.ClH/c17-14-4-2-1-3-12(14)9-15(21)19-5-7-20(8-6-19)16(22)13-10-18-11-13;/h1-4,13,18H,5-11H2;1H. The highest BCUT2D eigenvalue weighted by atomic mass is 35.5. The Kier molecular flexibility index (Phi) is 6.27. The van der Waals surface area contributed by atoms with Gasteiger partial charge in [-0.1, -0.05) is 29.8 Å². The zero-order valence-electron chi connectivity index (χ0n) is 12.8. The molecule has 0 aliphatic carbocycles. The Morgan fingerprint density at radius 1 is 1.09 bits per heavy atom. The molecule has 2 aliphatic rings. The predicted molar refractivity (Wildman–Crippen MR) is 91.9 cm³/mol. The number of hydrogen-bond acceptors (Lipinski definition) is 3. The van der Waals surface area contributed by atoms with E-state index in [4.69, 9.17) is 11.6 Å². The van der Waals surface area contributed by atoms with E-state index in [9.17, 15) is 9.59 Å². The molecular formula is C16H21Cl2N3O2. The number of rotatable bonds is 3.